The van der Waals surface area contributed by atoms with Gasteiger partial charge in [0.2, 0.25) is 0 Å². The molecule has 0 aliphatic heterocycles. The second-order valence-corrected chi connectivity index (χ2v) is 6.99. The lowest BCUT2D eigenvalue weighted by Crippen LogP contribution is -2.17. The molecule has 0 saturated carbocycles. The second kappa shape index (κ2) is 8.82. The van der Waals surface area contributed by atoms with Crippen molar-refractivity contribution in [2.75, 3.05) is 27.2 Å². The summed E-state index contributed by atoms with van der Waals surface area (Å²) in [7, 11) is 4.08. The van der Waals surface area contributed by atoms with E-state index in [-0.39, 0.29) is 0 Å². The van der Waals surface area contributed by atoms with Crippen molar-refractivity contribution in [3.63, 3.8) is 0 Å². The quantitative estimate of drug-likeness (QED) is 0.340. The molecule has 2 aromatic rings. The smallest absolute Gasteiger partial charge is 0.129 e. The molecule has 0 heterocycles. The molecule has 0 radical (unpaired) electrons. The van der Waals surface area contributed by atoms with Gasteiger partial charge in [0.25, 0.3) is 0 Å². The molecule has 3 nitrogen and oxygen atoms in total. The summed E-state index contributed by atoms with van der Waals surface area (Å²) in [5.41, 5.74) is 6.15. The molecule has 1 aliphatic carbocycles. The molecule has 25 heavy (non-hydrogen) atoms. The van der Waals surface area contributed by atoms with Crippen LogP contribution in [0.25, 0.3) is 0 Å². The lowest BCUT2D eigenvalue weighted by Gasteiger charge is -2.12. The molecule has 0 unspecified atom stereocenters. The Morgan fingerprint density at radius 1 is 0.920 bits per heavy atom. The number of benzene rings is 2. The number of hydrogen-bond acceptors (Lipinski definition) is 3. The third-order valence-corrected chi connectivity index (χ3v) is 4.70. The first kappa shape index (κ1) is 17.7. The van der Waals surface area contributed by atoms with Gasteiger partial charge < -0.3 is 9.74 Å². The van der Waals surface area contributed by atoms with Crippen LogP contribution in [0, 0.1) is 0 Å². The third-order valence-electron chi connectivity index (χ3n) is 4.70. The summed E-state index contributed by atoms with van der Waals surface area (Å²) in [6.07, 6.45) is 6.30. The van der Waals surface area contributed by atoms with Crippen molar-refractivity contribution >= 4 is 5.71 Å². The van der Waals surface area contributed by atoms with Gasteiger partial charge in [0.15, 0.2) is 0 Å². The minimum absolute atomic E-state index is 0.592. The van der Waals surface area contributed by atoms with Crippen LogP contribution in [0.5, 0.6) is 0 Å². The number of aryl methyl sites for hydroxylation is 2. The van der Waals surface area contributed by atoms with E-state index in [1.54, 1.807) is 0 Å². The van der Waals surface area contributed by atoms with Crippen molar-refractivity contribution in [2.45, 2.75) is 32.1 Å². The van der Waals surface area contributed by atoms with Gasteiger partial charge in [-0.1, -0.05) is 54.0 Å². The summed E-state index contributed by atoms with van der Waals surface area (Å²) >= 11 is 0. The normalized spacial score (nSPS) is 14.9. The van der Waals surface area contributed by atoms with E-state index >= 15 is 0 Å². The van der Waals surface area contributed by atoms with Crippen LogP contribution in [0.1, 0.15) is 41.5 Å². The molecule has 0 N–H and O–H groups in total. The van der Waals surface area contributed by atoms with Crippen LogP contribution < -0.4 is 0 Å². The molecule has 2 aromatic carbocycles. The fraction of sp³-hybridized carbons (Fsp3) is 0.409. The predicted molar refractivity (Wildman–Crippen MR) is 104 cm³/mol. The molecule has 0 fully saturated rings. The van der Waals surface area contributed by atoms with Crippen LogP contribution in [0.2, 0.25) is 0 Å². The number of rotatable bonds is 6. The van der Waals surface area contributed by atoms with Gasteiger partial charge in [-0.2, -0.15) is 0 Å². The van der Waals surface area contributed by atoms with Crippen LogP contribution in [0.3, 0.4) is 0 Å². The zero-order valence-electron chi connectivity index (χ0n) is 15.4. The van der Waals surface area contributed by atoms with E-state index in [2.05, 4.69) is 40.4 Å². The number of oxime groups is 1. The highest BCUT2D eigenvalue weighted by Gasteiger charge is 2.13. The van der Waals surface area contributed by atoms with Crippen LogP contribution in [-0.4, -0.2) is 37.9 Å². The Labute approximate surface area is 151 Å². The SMILES string of the molecule is CN(C)CCO/N=C(\c1ccccc1)c1ccc2c(c1)CCCCC2. The molecule has 3 rings (SSSR count). The lowest BCUT2D eigenvalue weighted by molar-refractivity contribution is 0.126. The molecule has 0 spiro atoms. The highest BCUT2D eigenvalue weighted by atomic mass is 16.6. The number of nitrogens with zero attached hydrogens (tertiary/aromatic N) is 2. The van der Waals surface area contributed by atoms with Crippen LogP contribution >= 0.6 is 0 Å². The Bertz CT molecular complexity index is 707. The van der Waals surface area contributed by atoms with Gasteiger partial charge in [-0.15, -0.1) is 0 Å². The zero-order valence-corrected chi connectivity index (χ0v) is 15.4. The van der Waals surface area contributed by atoms with Gasteiger partial charge in [0.1, 0.15) is 12.3 Å². The molecular weight excluding hydrogens is 308 g/mol. The first-order chi connectivity index (χ1) is 12.2. The third kappa shape index (κ3) is 4.93. The van der Waals surface area contributed by atoms with Crippen molar-refractivity contribution in [3.05, 3.63) is 70.8 Å². The molecular formula is C22H28N2O. The summed E-state index contributed by atoms with van der Waals surface area (Å²) in [4.78, 5) is 7.73. The average Bonchev–Trinajstić information content (AvgIpc) is 2.87. The molecule has 0 aromatic heterocycles. The van der Waals surface area contributed by atoms with Gasteiger partial charge in [-0.05, 0) is 57.0 Å². The van der Waals surface area contributed by atoms with E-state index in [0.29, 0.717) is 6.61 Å². The monoisotopic (exact) mass is 336 g/mol. The number of hydrogen-bond donors (Lipinski definition) is 0. The summed E-state index contributed by atoms with van der Waals surface area (Å²) < 4.78 is 0. The first-order valence-electron chi connectivity index (χ1n) is 9.26. The lowest BCUT2D eigenvalue weighted by atomic mass is 9.95. The molecule has 1 aliphatic rings. The van der Waals surface area contributed by atoms with E-state index in [0.717, 1.165) is 23.4 Å². The highest BCUT2D eigenvalue weighted by molar-refractivity contribution is 6.12. The fourth-order valence-electron chi connectivity index (χ4n) is 3.26. The molecule has 0 amide bonds. The van der Waals surface area contributed by atoms with Gasteiger partial charge in [0.05, 0.1) is 0 Å². The summed E-state index contributed by atoms with van der Waals surface area (Å²) in [6.45, 7) is 1.45. The minimum atomic E-state index is 0.592. The molecule has 132 valence electrons. The van der Waals surface area contributed by atoms with Crippen LogP contribution in [-0.2, 0) is 17.7 Å². The topological polar surface area (TPSA) is 24.8 Å². The minimum Gasteiger partial charge on any atom is -0.394 e. The highest BCUT2D eigenvalue weighted by Crippen LogP contribution is 2.23. The van der Waals surface area contributed by atoms with E-state index in [4.69, 9.17) is 4.84 Å². The molecule has 0 atom stereocenters. The standard InChI is InChI=1S/C22H28N2O/c1-24(2)15-16-25-23-22(19-10-6-4-7-11-19)21-14-13-18-9-5-3-8-12-20(18)17-21/h4,6-7,10-11,13-14,17H,3,5,8-9,12,15-16H2,1-2H3/b23-22+. The van der Waals surface area contributed by atoms with Crippen molar-refractivity contribution in [1.82, 2.24) is 4.90 Å². The maximum absolute atomic E-state index is 5.63. The summed E-state index contributed by atoms with van der Waals surface area (Å²) in [5, 5.41) is 4.50. The van der Waals surface area contributed by atoms with Crippen LogP contribution in [0.4, 0.5) is 0 Å². The van der Waals surface area contributed by atoms with Crippen molar-refractivity contribution in [1.29, 1.82) is 0 Å². The Morgan fingerprint density at radius 2 is 1.68 bits per heavy atom. The maximum atomic E-state index is 5.63. The second-order valence-electron chi connectivity index (χ2n) is 6.99. The Morgan fingerprint density at radius 3 is 2.44 bits per heavy atom. The van der Waals surface area contributed by atoms with E-state index in [1.165, 1.54) is 43.2 Å². The van der Waals surface area contributed by atoms with Gasteiger partial charge >= 0.3 is 0 Å². The average molecular weight is 336 g/mol. The van der Waals surface area contributed by atoms with Crippen molar-refractivity contribution in [2.24, 2.45) is 5.16 Å². The van der Waals surface area contributed by atoms with Crippen molar-refractivity contribution < 1.29 is 4.84 Å². The molecule has 3 heteroatoms. The first-order valence-corrected chi connectivity index (χ1v) is 9.26. The zero-order chi connectivity index (χ0) is 17.5. The molecule has 0 bridgehead atoms. The van der Waals surface area contributed by atoms with E-state index in [9.17, 15) is 0 Å². The Kier molecular flexibility index (Phi) is 6.24. The van der Waals surface area contributed by atoms with Crippen LogP contribution in [0.15, 0.2) is 53.7 Å². The fourth-order valence-corrected chi connectivity index (χ4v) is 3.26. The number of likely N-dealkylation sites (N-methyl/N-ethyl adjacent to an activating group) is 1. The van der Waals surface area contributed by atoms with E-state index < -0.39 is 0 Å². The summed E-state index contributed by atoms with van der Waals surface area (Å²) in [5.74, 6) is 0. The largest absolute Gasteiger partial charge is 0.394 e. The Hall–Kier alpha value is -2.13. The van der Waals surface area contributed by atoms with Gasteiger partial charge in [-0.25, -0.2) is 0 Å². The van der Waals surface area contributed by atoms with E-state index in [1.807, 2.05) is 32.3 Å². The number of fused-ring (bicyclic) bond motifs is 1. The predicted octanol–water partition coefficient (Wildman–Crippen LogP) is 4.29. The molecule has 0 saturated heterocycles. The van der Waals surface area contributed by atoms with Gasteiger partial charge in [0, 0.05) is 17.7 Å². The van der Waals surface area contributed by atoms with Crippen molar-refractivity contribution in [3.8, 4) is 0 Å². The Balaban J connectivity index is 1.89. The maximum Gasteiger partial charge on any atom is 0.129 e. The summed E-state index contributed by atoms with van der Waals surface area (Å²) in [6, 6.07) is 17.1. The van der Waals surface area contributed by atoms with Gasteiger partial charge in [-0.3, -0.25) is 0 Å².